The number of benzene rings is 2. The Bertz CT molecular complexity index is 1420. The van der Waals surface area contributed by atoms with E-state index in [0.29, 0.717) is 24.7 Å². The van der Waals surface area contributed by atoms with E-state index in [0.717, 1.165) is 82.2 Å². The van der Waals surface area contributed by atoms with Gasteiger partial charge in [0.1, 0.15) is 23.0 Å². The van der Waals surface area contributed by atoms with Crippen LogP contribution in [-0.2, 0) is 19.6 Å². The van der Waals surface area contributed by atoms with Crippen molar-refractivity contribution < 1.29 is 9.53 Å². The van der Waals surface area contributed by atoms with Crippen molar-refractivity contribution in [2.24, 2.45) is 0 Å². The van der Waals surface area contributed by atoms with Gasteiger partial charge in [0.25, 0.3) is 5.91 Å². The van der Waals surface area contributed by atoms with E-state index >= 15 is 0 Å². The summed E-state index contributed by atoms with van der Waals surface area (Å²) in [5.74, 6) is 2.51. The fourth-order valence-corrected chi connectivity index (χ4v) is 6.86. The van der Waals surface area contributed by atoms with Crippen molar-refractivity contribution in [2.45, 2.75) is 77.2 Å². The smallest absolute Gasteiger partial charge is 0.254 e. The molecular formula is C35H45N7O2. The Kier molecular flexibility index (Phi) is 9.43. The van der Waals surface area contributed by atoms with Crippen molar-refractivity contribution in [3.63, 3.8) is 0 Å². The number of fused-ring (bicyclic) bond motifs is 1. The number of hydrogen-bond donors (Lipinski definition) is 2. The molecule has 2 N–H and O–H groups in total. The van der Waals surface area contributed by atoms with Crippen LogP contribution in [0.2, 0.25) is 0 Å². The molecule has 1 amide bonds. The average Bonchev–Trinajstić information content (AvgIpc) is 3.77. The lowest BCUT2D eigenvalue weighted by Crippen LogP contribution is -2.52. The van der Waals surface area contributed by atoms with Gasteiger partial charge in [0.15, 0.2) is 0 Å². The van der Waals surface area contributed by atoms with Gasteiger partial charge in [-0.1, -0.05) is 44.2 Å². The summed E-state index contributed by atoms with van der Waals surface area (Å²) in [6, 6.07) is 17.2. The van der Waals surface area contributed by atoms with Gasteiger partial charge in [-0.2, -0.15) is 0 Å². The molecule has 0 bridgehead atoms. The van der Waals surface area contributed by atoms with Crippen LogP contribution in [-0.4, -0.2) is 72.3 Å². The standard InChI is InChI=1S/C35H45N7O2/c1-3-19-41(20-4-2)30-23-35(44-31-8-6-5-7-29(30)31)13-21-40(22-14-35)24-27-9-11-28(12-10-27)34(43)42(25-32-36-15-16-37-32)26-33-38-17-18-39-33/h5-12,15-18,30H,3-4,13-14,19-26H2,1-2H3,(H,36,37)(H,38,39). The van der Waals surface area contributed by atoms with Crippen LogP contribution >= 0.6 is 0 Å². The molecule has 6 rings (SSSR count). The number of imidazole rings is 2. The van der Waals surface area contributed by atoms with Gasteiger partial charge in [0.2, 0.25) is 0 Å². The summed E-state index contributed by atoms with van der Waals surface area (Å²) in [5, 5.41) is 0. The van der Waals surface area contributed by atoms with Gasteiger partial charge < -0.3 is 19.6 Å². The van der Waals surface area contributed by atoms with Crippen LogP contribution in [0.15, 0.2) is 73.3 Å². The van der Waals surface area contributed by atoms with Crippen molar-refractivity contribution in [3.8, 4) is 5.75 Å². The molecule has 1 saturated heterocycles. The maximum atomic E-state index is 13.5. The first-order valence-corrected chi connectivity index (χ1v) is 16.1. The molecule has 232 valence electrons. The Balaban J connectivity index is 1.09. The van der Waals surface area contributed by atoms with Crippen molar-refractivity contribution >= 4 is 5.91 Å². The van der Waals surface area contributed by atoms with Crippen LogP contribution in [0.4, 0.5) is 0 Å². The van der Waals surface area contributed by atoms with Crippen molar-refractivity contribution in [1.82, 2.24) is 34.6 Å². The summed E-state index contributed by atoms with van der Waals surface area (Å²) >= 11 is 0. The molecule has 9 heteroatoms. The molecule has 1 unspecified atom stereocenters. The molecule has 2 aromatic carbocycles. The third kappa shape index (κ3) is 6.89. The normalized spacial score (nSPS) is 17.8. The number of para-hydroxylation sites is 1. The number of hydrogen-bond acceptors (Lipinski definition) is 6. The zero-order chi connectivity index (χ0) is 30.4. The van der Waals surface area contributed by atoms with E-state index < -0.39 is 0 Å². The number of carbonyl (C=O) groups excluding carboxylic acids is 1. The lowest BCUT2D eigenvalue weighted by Gasteiger charge is -2.49. The minimum atomic E-state index is -0.114. The van der Waals surface area contributed by atoms with Gasteiger partial charge >= 0.3 is 0 Å². The second-order valence-corrected chi connectivity index (χ2v) is 12.3. The molecule has 0 saturated carbocycles. The highest BCUT2D eigenvalue weighted by Crippen LogP contribution is 2.46. The SMILES string of the molecule is CCCN(CCC)C1CC2(CCN(Cc3ccc(C(=O)N(Cc4ncc[nH]4)Cc4ncc[nH]4)cc3)CC2)Oc2ccccc21. The first-order chi connectivity index (χ1) is 21.6. The number of likely N-dealkylation sites (tertiary alicyclic amines) is 1. The van der Waals surface area contributed by atoms with E-state index in [-0.39, 0.29) is 11.5 Å². The third-order valence-corrected chi connectivity index (χ3v) is 9.08. The summed E-state index contributed by atoms with van der Waals surface area (Å²) in [6.45, 7) is 10.4. The van der Waals surface area contributed by atoms with Crippen molar-refractivity contribution in [3.05, 3.63) is 102 Å². The first-order valence-electron chi connectivity index (χ1n) is 16.1. The quantitative estimate of drug-likeness (QED) is 0.210. The second kappa shape index (κ2) is 13.8. The van der Waals surface area contributed by atoms with E-state index in [1.165, 1.54) is 11.1 Å². The number of H-pyrrole nitrogens is 2. The highest BCUT2D eigenvalue weighted by atomic mass is 16.5. The molecule has 9 nitrogen and oxygen atoms in total. The van der Waals surface area contributed by atoms with Gasteiger partial charge in [-0.15, -0.1) is 0 Å². The monoisotopic (exact) mass is 595 g/mol. The fraction of sp³-hybridized carbons (Fsp3) is 0.457. The maximum absolute atomic E-state index is 13.5. The zero-order valence-corrected chi connectivity index (χ0v) is 26.0. The first kappa shape index (κ1) is 30.1. The van der Waals surface area contributed by atoms with Gasteiger partial charge in [-0.05, 0) is 62.5 Å². The minimum absolute atomic E-state index is 0.0475. The summed E-state index contributed by atoms with van der Waals surface area (Å²) in [7, 11) is 0. The van der Waals surface area contributed by atoms with E-state index in [2.05, 4.69) is 80.0 Å². The van der Waals surface area contributed by atoms with Crippen molar-refractivity contribution in [2.75, 3.05) is 26.2 Å². The lowest BCUT2D eigenvalue weighted by atomic mass is 9.79. The number of amides is 1. The third-order valence-electron chi connectivity index (χ3n) is 9.08. The summed E-state index contributed by atoms with van der Waals surface area (Å²) in [4.78, 5) is 35.3. The highest BCUT2D eigenvalue weighted by molar-refractivity contribution is 5.94. The van der Waals surface area contributed by atoms with E-state index in [1.807, 2.05) is 12.1 Å². The van der Waals surface area contributed by atoms with E-state index in [9.17, 15) is 4.79 Å². The Morgan fingerprint density at radius 2 is 1.57 bits per heavy atom. The topological polar surface area (TPSA) is 93.4 Å². The molecular weight excluding hydrogens is 550 g/mol. The van der Waals surface area contributed by atoms with Crippen LogP contribution in [0.3, 0.4) is 0 Å². The van der Waals surface area contributed by atoms with E-state index in [4.69, 9.17) is 4.74 Å². The Morgan fingerprint density at radius 3 is 2.16 bits per heavy atom. The molecule has 0 aliphatic carbocycles. The van der Waals surface area contributed by atoms with Crippen LogP contribution < -0.4 is 4.74 Å². The maximum Gasteiger partial charge on any atom is 0.254 e. The molecule has 44 heavy (non-hydrogen) atoms. The second-order valence-electron chi connectivity index (χ2n) is 12.3. The molecule has 4 aromatic rings. The highest BCUT2D eigenvalue weighted by Gasteiger charge is 2.44. The predicted octanol–water partition coefficient (Wildman–Crippen LogP) is 5.96. The molecule has 2 aliphatic rings. The Hall–Kier alpha value is -3.95. The van der Waals surface area contributed by atoms with Crippen molar-refractivity contribution in [1.29, 1.82) is 0 Å². The Labute approximate surface area is 260 Å². The molecule has 0 radical (unpaired) electrons. The van der Waals surface area contributed by atoms with Gasteiger partial charge in [0.05, 0.1) is 13.1 Å². The number of ether oxygens (including phenoxy) is 1. The number of aromatic amines is 2. The van der Waals surface area contributed by atoms with Gasteiger partial charge in [-0.3, -0.25) is 14.6 Å². The van der Waals surface area contributed by atoms with E-state index in [1.54, 1.807) is 29.7 Å². The number of rotatable bonds is 12. The fourth-order valence-electron chi connectivity index (χ4n) is 6.86. The van der Waals surface area contributed by atoms with Gasteiger partial charge in [-0.25, -0.2) is 9.97 Å². The molecule has 1 spiro atoms. The summed E-state index contributed by atoms with van der Waals surface area (Å²) in [5.41, 5.74) is 3.11. The van der Waals surface area contributed by atoms with Crippen LogP contribution in [0.5, 0.6) is 5.75 Å². The number of nitrogens with one attached hydrogen (secondary N) is 2. The number of aromatic nitrogens is 4. The van der Waals surface area contributed by atoms with Crippen LogP contribution in [0.1, 0.15) is 85.1 Å². The molecule has 1 fully saturated rings. The Morgan fingerprint density at radius 1 is 0.932 bits per heavy atom. The van der Waals surface area contributed by atoms with Crippen LogP contribution in [0.25, 0.3) is 0 Å². The molecule has 1 atom stereocenters. The minimum Gasteiger partial charge on any atom is -0.487 e. The average molecular weight is 596 g/mol. The number of piperidine rings is 1. The zero-order valence-electron chi connectivity index (χ0n) is 26.0. The molecule has 4 heterocycles. The predicted molar refractivity (Wildman–Crippen MR) is 171 cm³/mol. The van der Waals surface area contributed by atoms with Crippen LogP contribution in [0, 0.1) is 0 Å². The number of carbonyl (C=O) groups is 1. The largest absolute Gasteiger partial charge is 0.487 e. The summed E-state index contributed by atoms with van der Waals surface area (Å²) < 4.78 is 6.83. The lowest BCUT2D eigenvalue weighted by molar-refractivity contribution is -0.0441. The molecule has 2 aromatic heterocycles. The number of nitrogens with zero attached hydrogens (tertiary/aromatic N) is 5. The van der Waals surface area contributed by atoms with Gasteiger partial charge in [0, 0.05) is 68.0 Å². The molecule has 2 aliphatic heterocycles. The summed E-state index contributed by atoms with van der Waals surface area (Å²) in [6.07, 6.45) is 12.4.